The maximum atomic E-state index is 12.4. The van der Waals surface area contributed by atoms with Crippen molar-refractivity contribution in [3.05, 3.63) is 29.5 Å². The highest BCUT2D eigenvalue weighted by atomic mass is 16.2. The lowest BCUT2D eigenvalue weighted by Crippen LogP contribution is -2.36. The quantitative estimate of drug-likeness (QED) is 0.673. The number of benzene rings is 1. The first kappa shape index (κ1) is 16.8. The molecule has 26 heavy (non-hydrogen) atoms. The van der Waals surface area contributed by atoms with Crippen LogP contribution in [0.1, 0.15) is 30.4 Å². The standard InChI is InChI=1S/C19H24N6O/c1-12-8-14-15(9-13(12)2)23-19(22-14)18-16(10-20-24-18)21-17(26)11-25-6-4-3-5-7-25/h8-10H,3-7,11H2,1-2H3,(H,20,24)(H,21,26)(H,22,23). The normalized spacial score (nSPS) is 15.5. The van der Waals surface area contributed by atoms with E-state index in [1.54, 1.807) is 6.20 Å². The third kappa shape index (κ3) is 3.35. The maximum Gasteiger partial charge on any atom is 0.238 e. The molecule has 7 heteroatoms. The molecule has 3 heterocycles. The molecule has 1 aliphatic rings. The Bertz CT molecular complexity index is 896. The van der Waals surface area contributed by atoms with Gasteiger partial charge < -0.3 is 10.3 Å². The topological polar surface area (TPSA) is 89.7 Å². The number of likely N-dealkylation sites (tertiary alicyclic amines) is 1. The summed E-state index contributed by atoms with van der Waals surface area (Å²) in [6.07, 6.45) is 5.23. The van der Waals surface area contributed by atoms with Crippen LogP contribution in [0.5, 0.6) is 0 Å². The highest BCUT2D eigenvalue weighted by molar-refractivity contribution is 5.95. The lowest BCUT2D eigenvalue weighted by molar-refractivity contribution is -0.117. The number of imidazole rings is 1. The van der Waals surface area contributed by atoms with Gasteiger partial charge in [0.05, 0.1) is 29.5 Å². The Hall–Kier alpha value is -2.67. The van der Waals surface area contributed by atoms with E-state index in [9.17, 15) is 4.79 Å². The van der Waals surface area contributed by atoms with Gasteiger partial charge in [-0.15, -0.1) is 0 Å². The van der Waals surface area contributed by atoms with Crippen molar-refractivity contribution in [2.24, 2.45) is 0 Å². The monoisotopic (exact) mass is 352 g/mol. The number of nitrogens with one attached hydrogen (secondary N) is 3. The smallest absolute Gasteiger partial charge is 0.238 e. The number of aromatic amines is 2. The first-order valence-electron chi connectivity index (χ1n) is 9.13. The first-order valence-corrected chi connectivity index (χ1v) is 9.13. The molecule has 3 N–H and O–H groups in total. The van der Waals surface area contributed by atoms with Crippen LogP contribution in [0.2, 0.25) is 0 Å². The zero-order chi connectivity index (χ0) is 18.1. The van der Waals surface area contributed by atoms with Gasteiger partial charge in [0.2, 0.25) is 5.91 Å². The lowest BCUT2D eigenvalue weighted by Gasteiger charge is -2.25. The van der Waals surface area contributed by atoms with Gasteiger partial charge in [0, 0.05) is 0 Å². The predicted molar refractivity (Wildman–Crippen MR) is 102 cm³/mol. The van der Waals surface area contributed by atoms with E-state index in [1.165, 1.54) is 30.4 Å². The summed E-state index contributed by atoms with van der Waals surface area (Å²) in [4.78, 5) is 22.6. The lowest BCUT2D eigenvalue weighted by atomic mass is 10.1. The molecule has 0 unspecified atom stereocenters. The van der Waals surface area contributed by atoms with Crippen LogP contribution >= 0.6 is 0 Å². The number of anilines is 1. The van der Waals surface area contributed by atoms with E-state index in [-0.39, 0.29) is 5.91 Å². The highest BCUT2D eigenvalue weighted by Crippen LogP contribution is 2.26. The van der Waals surface area contributed by atoms with Gasteiger partial charge in [-0.1, -0.05) is 6.42 Å². The van der Waals surface area contributed by atoms with Gasteiger partial charge in [0.15, 0.2) is 5.82 Å². The third-order valence-corrected chi connectivity index (χ3v) is 5.06. The molecule has 1 aliphatic heterocycles. The largest absolute Gasteiger partial charge is 0.337 e. The van der Waals surface area contributed by atoms with Crippen LogP contribution in [0, 0.1) is 13.8 Å². The molecule has 1 saturated heterocycles. The molecule has 0 aliphatic carbocycles. The Balaban J connectivity index is 1.54. The van der Waals surface area contributed by atoms with E-state index in [2.05, 4.69) is 56.4 Å². The van der Waals surface area contributed by atoms with Crippen molar-refractivity contribution in [3.8, 4) is 11.5 Å². The number of aryl methyl sites for hydroxylation is 2. The Morgan fingerprint density at radius 2 is 1.96 bits per heavy atom. The molecular formula is C19H24N6O. The van der Waals surface area contributed by atoms with E-state index in [1.807, 2.05) is 0 Å². The summed E-state index contributed by atoms with van der Waals surface area (Å²) in [7, 11) is 0. The molecule has 136 valence electrons. The van der Waals surface area contributed by atoms with Gasteiger partial charge in [0.25, 0.3) is 0 Å². The minimum Gasteiger partial charge on any atom is -0.337 e. The second kappa shape index (κ2) is 6.92. The molecule has 0 radical (unpaired) electrons. The van der Waals surface area contributed by atoms with E-state index in [0.717, 1.165) is 24.1 Å². The molecule has 0 bridgehead atoms. The minimum absolute atomic E-state index is 0.0163. The van der Waals surface area contributed by atoms with Gasteiger partial charge in [-0.05, 0) is 63.0 Å². The fourth-order valence-electron chi connectivity index (χ4n) is 3.46. The maximum absolute atomic E-state index is 12.4. The van der Waals surface area contributed by atoms with Gasteiger partial charge >= 0.3 is 0 Å². The number of rotatable bonds is 4. The summed E-state index contributed by atoms with van der Waals surface area (Å²) >= 11 is 0. The van der Waals surface area contributed by atoms with Gasteiger partial charge in [-0.2, -0.15) is 5.10 Å². The van der Waals surface area contributed by atoms with E-state index in [4.69, 9.17) is 0 Å². The van der Waals surface area contributed by atoms with Crippen LogP contribution in [0.4, 0.5) is 5.69 Å². The van der Waals surface area contributed by atoms with Crippen molar-refractivity contribution in [1.29, 1.82) is 0 Å². The number of nitrogens with zero attached hydrogens (tertiary/aromatic N) is 3. The zero-order valence-corrected chi connectivity index (χ0v) is 15.2. The number of hydrogen-bond donors (Lipinski definition) is 3. The van der Waals surface area contributed by atoms with Crippen molar-refractivity contribution in [2.75, 3.05) is 25.0 Å². The molecule has 0 saturated carbocycles. The van der Waals surface area contributed by atoms with Crippen molar-refractivity contribution in [3.63, 3.8) is 0 Å². The minimum atomic E-state index is -0.0163. The summed E-state index contributed by atoms with van der Waals surface area (Å²) in [6.45, 7) is 6.56. The van der Waals surface area contributed by atoms with Crippen LogP contribution in [-0.4, -0.2) is 50.6 Å². The van der Waals surface area contributed by atoms with E-state index >= 15 is 0 Å². The number of piperidine rings is 1. The number of aromatic nitrogens is 4. The van der Waals surface area contributed by atoms with Crippen LogP contribution < -0.4 is 5.32 Å². The molecule has 1 aromatic carbocycles. The number of carbonyl (C=O) groups is 1. The number of hydrogen-bond acceptors (Lipinski definition) is 4. The molecule has 3 aromatic rings. The van der Waals surface area contributed by atoms with Crippen LogP contribution in [0.15, 0.2) is 18.3 Å². The molecule has 0 spiro atoms. The summed E-state index contributed by atoms with van der Waals surface area (Å²) in [5, 5.41) is 10.0. The second-order valence-corrected chi connectivity index (χ2v) is 7.08. The second-order valence-electron chi connectivity index (χ2n) is 7.08. The Morgan fingerprint density at radius 3 is 2.77 bits per heavy atom. The van der Waals surface area contributed by atoms with Crippen LogP contribution in [-0.2, 0) is 4.79 Å². The molecule has 1 fully saturated rings. The molecule has 0 atom stereocenters. The number of fused-ring (bicyclic) bond motifs is 1. The SMILES string of the molecule is Cc1cc2nc(-c3[nH]ncc3NC(=O)CN3CCCCC3)[nH]c2cc1C. The third-order valence-electron chi connectivity index (χ3n) is 5.06. The van der Waals surface area contributed by atoms with Crippen LogP contribution in [0.3, 0.4) is 0 Å². The molecule has 2 aromatic heterocycles. The van der Waals surface area contributed by atoms with Crippen molar-refractivity contribution < 1.29 is 4.79 Å². The summed E-state index contributed by atoms with van der Waals surface area (Å²) < 4.78 is 0. The van der Waals surface area contributed by atoms with Gasteiger partial charge in [-0.3, -0.25) is 14.8 Å². The van der Waals surface area contributed by atoms with Crippen molar-refractivity contribution >= 4 is 22.6 Å². The van der Waals surface area contributed by atoms with E-state index in [0.29, 0.717) is 23.8 Å². The van der Waals surface area contributed by atoms with E-state index < -0.39 is 0 Å². The zero-order valence-electron chi connectivity index (χ0n) is 15.2. The number of carbonyl (C=O) groups excluding carboxylic acids is 1. The average molecular weight is 352 g/mol. The summed E-state index contributed by atoms with van der Waals surface area (Å²) in [5.41, 5.74) is 5.65. The van der Waals surface area contributed by atoms with Crippen molar-refractivity contribution in [2.45, 2.75) is 33.1 Å². The Labute approximate surface area is 152 Å². The van der Waals surface area contributed by atoms with Crippen LogP contribution in [0.25, 0.3) is 22.6 Å². The highest BCUT2D eigenvalue weighted by Gasteiger charge is 2.17. The van der Waals surface area contributed by atoms with Gasteiger partial charge in [0.1, 0.15) is 5.69 Å². The molecule has 7 nitrogen and oxygen atoms in total. The predicted octanol–water partition coefficient (Wildman–Crippen LogP) is 2.99. The molecule has 4 rings (SSSR count). The Kier molecular flexibility index (Phi) is 4.46. The van der Waals surface area contributed by atoms with Gasteiger partial charge in [-0.25, -0.2) is 4.98 Å². The Morgan fingerprint density at radius 1 is 1.19 bits per heavy atom. The molecule has 1 amide bonds. The number of H-pyrrole nitrogens is 2. The number of amides is 1. The summed E-state index contributed by atoms with van der Waals surface area (Å²) in [6, 6.07) is 4.15. The van der Waals surface area contributed by atoms with Crippen molar-refractivity contribution in [1.82, 2.24) is 25.1 Å². The average Bonchev–Trinajstić information content (AvgIpc) is 3.22. The fourth-order valence-corrected chi connectivity index (χ4v) is 3.46. The summed E-state index contributed by atoms with van der Waals surface area (Å²) in [5.74, 6) is 0.660. The first-order chi connectivity index (χ1) is 12.6. The fraction of sp³-hybridized carbons (Fsp3) is 0.421. The molecular weight excluding hydrogens is 328 g/mol.